The number of allylic oxidation sites excluding steroid dienone is 2. The number of hydrogen-bond donors (Lipinski definition) is 0. The topological polar surface area (TPSA) is 50.1 Å². The molecule has 0 fully saturated rings. The van der Waals surface area contributed by atoms with Crippen molar-refractivity contribution in [3.05, 3.63) is 12.2 Å². The van der Waals surface area contributed by atoms with Gasteiger partial charge in [0.2, 0.25) is 0 Å². The smallest absolute Gasteiger partial charge is 0.302 e. The van der Waals surface area contributed by atoms with E-state index in [9.17, 15) is 4.79 Å². The van der Waals surface area contributed by atoms with Gasteiger partial charge in [0.1, 0.15) is 6.10 Å². The fraction of sp³-hybridized carbons (Fsp3) is 0.765. The molecule has 20 heavy (non-hydrogen) atoms. The van der Waals surface area contributed by atoms with Crippen molar-refractivity contribution >= 4 is 5.97 Å². The van der Waals surface area contributed by atoms with Crippen LogP contribution in [0, 0.1) is 17.2 Å². The van der Waals surface area contributed by atoms with Gasteiger partial charge in [-0.2, -0.15) is 5.26 Å². The average molecular weight is 281 g/mol. The number of hydrogen-bond acceptors (Lipinski definition) is 3. The molecule has 0 saturated carbocycles. The van der Waals surface area contributed by atoms with Gasteiger partial charge in [0.25, 0.3) is 0 Å². The highest BCUT2D eigenvalue weighted by molar-refractivity contribution is 5.66. The summed E-state index contributed by atoms with van der Waals surface area (Å²) in [6, 6.07) is 2.15. The predicted molar refractivity (Wildman–Crippen MR) is 84.2 cm³/mol. The summed E-state index contributed by atoms with van der Waals surface area (Å²) < 4.78 is 5.13. The van der Waals surface area contributed by atoms with Crippen molar-refractivity contribution in [2.45, 2.75) is 79.2 Å². The summed E-state index contributed by atoms with van der Waals surface area (Å²) >= 11 is 0. The van der Waals surface area contributed by atoms with Crippen LogP contribution in [0.3, 0.4) is 0 Å². The number of nitrogens with zero attached hydrogens (tertiary/aromatic N) is 1. The second kappa shape index (κ2) is 15.8. The van der Waals surface area contributed by atoms with E-state index in [1.165, 1.54) is 6.92 Å². The zero-order valence-corrected chi connectivity index (χ0v) is 13.8. The summed E-state index contributed by atoms with van der Waals surface area (Å²) in [4.78, 5) is 10.8. The quantitative estimate of drug-likeness (QED) is 0.339. The first-order valence-corrected chi connectivity index (χ1v) is 7.77. The van der Waals surface area contributed by atoms with E-state index in [-0.39, 0.29) is 12.1 Å². The van der Waals surface area contributed by atoms with Crippen LogP contribution in [0.1, 0.15) is 73.1 Å². The van der Waals surface area contributed by atoms with Crippen molar-refractivity contribution in [3.8, 4) is 6.07 Å². The largest absolute Gasteiger partial charge is 0.463 e. The molecule has 0 radical (unpaired) electrons. The van der Waals surface area contributed by atoms with E-state index in [0.29, 0.717) is 12.3 Å². The lowest BCUT2D eigenvalue weighted by Gasteiger charge is -2.17. The third-order valence-corrected chi connectivity index (χ3v) is 2.99. The average Bonchev–Trinajstić information content (AvgIpc) is 2.43. The Hall–Kier alpha value is -1.30. The Balaban J connectivity index is 0. The lowest BCUT2D eigenvalue weighted by molar-refractivity contribution is -0.147. The Morgan fingerprint density at radius 3 is 2.40 bits per heavy atom. The van der Waals surface area contributed by atoms with Gasteiger partial charge in [-0.3, -0.25) is 4.79 Å². The van der Waals surface area contributed by atoms with Crippen LogP contribution in [0.2, 0.25) is 0 Å². The number of ether oxygens (including phenoxy) is 1. The fourth-order valence-corrected chi connectivity index (χ4v) is 1.64. The molecule has 0 bridgehead atoms. The summed E-state index contributed by atoms with van der Waals surface area (Å²) in [7, 11) is 0. The molecule has 0 aliphatic carbocycles. The van der Waals surface area contributed by atoms with Gasteiger partial charge in [0.15, 0.2) is 0 Å². The second-order valence-electron chi connectivity index (χ2n) is 4.76. The maximum Gasteiger partial charge on any atom is 0.302 e. The predicted octanol–water partition coefficient (Wildman–Crippen LogP) is 5.02. The SMILES string of the molecule is CC.CC(=O)OC(C)C(C)C/C=C/CCCCCC#N. The van der Waals surface area contributed by atoms with E-state index in [4.69, 9.17) is 10.00 Å². The van der Waals surface area contributed by atoms with Gasteiger partial charge in [-0.25, -0.2) is 0 Å². The first-order chi connectivity index (χ1) is 9.57. The van der Waals surface area contributed by atoms with Gasteiger partial charge in [0, 0.05) is 13.3 Å². The minimum absolute atomic E-state index is 0.0252. The second-order valence-corrected chi connectivity index (χ2v) is 4.76. The van der Waals surface area contributed by atoms with Gasteiger partial charge in [-0.05, 0) is 38.5 Å². The number of esters is 1. The van der Waals surface area contributed by atoms with Gasteiger partial charge in [0.05, 0.1) is 6.07 Å². The highest BCUT2D eigenvalue weighted by Gasteiger charge is 2.12. The van der Waals surface area contributed by atoms with Crippen LogP contribution in [-0.2, 0) is 9.53 Å². The third-order valence-electron chi connectivity index (χ3n) is 2.99. The van der Waals surface area contributed by atoms with Crippen LogP contribution in [0.15, 0.2) is 12.2 Å². The maximum atomic E-state index is 10.8. The molecule has 0 saturated heterocycles. The lowest BCUT2D eigenvalue weighted by atomic mass is 10.0. The van der Waals surface area contributed by atoms with Crippen molar-refractivity contribution in [1.82, 2.24) is 0 Å². The molecule has 2 atom stereocenters. The van der Waals surface area contributed by atoms with Crippen molar-refractivity contribution in [2.24, 2.45) is 5.92 Å². The van der Waals surface area contributed by atoms with E-state index >= 15 is 0 Å². The van der Waals surface area contributed by atoms with E-state index in [1.54, 1.807) is 0 Å². The Labute approximate surface area is 125 Å². The number of nitriles is 1. The minimum atomic E-state index is -0.212. The fourth-order valence-electron chi connectivity index (χ4n) is 1.64. The minimum Gasteiger partial charge on any atom is -0.463 e. The van der Waals surface area contributed by atoms with Crippen molar-refractivity contribution in [2.75, 3.05) is 0 Å². The molecule has 0 aromatic carbocycles. The number of carbonyl (C=O) groups excluding carboxylic acids is 1. The van der Waals surface area contributed by atoms with Crippen LogP contribution < -0.4 is 0 Å². The van der Waals surface area contributed by atoms with Crippen molar-refractivity contribution in [1.29, 1.82) is 5.26 Å². The number of unbranched alkanes of at least 4 members (excludes halogenated alkanes) is 4. The summed E-state index contributed by atoms with van der Waals surface area (Å²) in [6.07, 6.45) is 10.3. The molecule has 0 aliphatic rings. The van der Waals surface area contributed by atoms with Gasteiger partial charge in [-0.15, -0.1) is 0 Å². The molecule has 2 unspecified atom stereocenters. The molecule has 0 aromatic rings. The molecule has 0 aliphatic heterocycles. The molecule has 0 N–H and O–H groups in total. The first kappa shape index (κ1) is 21.0. The van der Waals surface area contributed by atoms with Crippen molar-refractivity contribution in [3.63, 3.8) is 0 Å². The van der Waals surface area contributed by atoms with Gasteiger partial charge in [-0.1, -0.05) is 39.3 Å². The molecule has 3 nitrogen and oxygen atoms in total. The molecular weight excluding hydrogens is 250 g/mol. The number of carbonyl (C=O) groups is 1. The Morgan fingerprint density at radius 2 is 1.85 bits per heavy atom. The molecule has 0 aromatic heterocycles. The van der Waals surface area contributed by atoms with E-state index in [0.717, 1.165) is 32.1 Å². The van der Waals surface area contributed by atoms with E-state index < -0.39 is 0 Å². The molecule has 0 heterocycles. The summed E-state index contributed by atoms with van der Waals surface area (Å²) in [5, 5.41) is 8.38. The van der Waals surface area contributed by atoms with Crippen LogP contribution >= 0.6 is 0 Å². The molecular formula is C17H31NO2. The van der Waals surface area contributed by atoms with E-state index in [2.05, 4.69) is 25.1 Å². The van der Waals surface area contributed by atoms with Crippen LogP contribution in [-0.4, -0.2) is 12.1 Å². The number of rotatable bonds is 9. The molecule has 0 rings (SSSR count). The highest BCUT2D eigenvalue weighted by atomic mass is 16.5. The van der Waals surface area contributed by atoms with Crippen molar-refractivity contribution < 1.29 is 9.53 Å². The third kappa shape index (κ3) is 14.8. The van der Waals surface area contributed by atoms with Gasteiger partial charge >= 0.3 is 5.97 Å². The Kier molecular flexibility index (Phi) is 16.5. The van der Waals surface area contributed by atoms with E-state index in [1.807, 2.05) is 20.8 Å². The van der Waals surface area contributed by atoms with Crippen LogP contribution in [0.5, 0.6) is 0 Å². The molecule has 0 spiro atoms. The maximum absolute atomic E-state index is 10.8. The zero-order valence-electron chi connectivity index (χ0n) is 13.8. The van der Waals surface area contributed by atoms with Gasteiger partial charge < -0.3 is 4.74 Å². The lowest BCUT2D eigenvalue weighted by Crippen LogP contribution is -2.20. The molecule has 0 amide bonds. The standard InChI is InChI=1S/C15H25NO2.C2H6/c1-13(14(2)18-15(3)17)11-9-7-5-4-6-8-10-12-16;1-2/h7,9,13-14H,4-6,8,10-11H2,1-3H3;1-2H3/b9-7+;. The summed E-state index contributed by atoms with van der Waals surface area (Å²) in [5.41, 5.74) is 0. The monoisotopic (exact) mass is 281 g/mol. The first-order valence-electron chi connectivity index (χ1n) is 7.77. The Bertz CT molecular complexity index is 292. The highest BCUT2D eigenvalue weighted by Crippen LogP contribution is 2.13. The van der Waals surface area contributed by atoms with Crippen LogP contribution in [0.4, 0.5) is 0 Å². The van der Waals surface area contributed by atoms with Crippen LogP contribution in [0.25, 0.3) is 0 Å². The molecule has 116 valence electrons. The summed E-state index contributed by atoms with van der Waals surface area (Å²) in [5.74, 6) is 0.138. The normalized spacial score (nSPS) is 13.0. The summed E-state index contributed by atoms with van der Waals surface area (Å²) in [6.45, 7) is 9.47. The zero-order chi connectivity index (χ0) is 15.8. The molecule has 3 heteroatoms. The Morgan fingerprint density at radius 1 is 1.20 bits per heavy atom.